The van der Waals surface area contributed by atoms with Crippen LogP contribution in [0.25, 0.3) is 0 Å². The minimum Gasteiger partial charge on any atom is -0.350 e. The van der Waals surface area contributed by atoms with Gasteiger partial charge in [0.25, 0.3) is 0 Å². The molecule has 1 nitrogen and oxygen atoms in total. The Morgan fingerprint density at radius 1 is 1.46 bits per heavy atom. The molecular weight excluding hydrogens is 178 g/mol. The minimum atomic E-state index is 1.03. The van der Waals surface area contributed by atoms with E-state index in [2.05, 4.69) is 37.0 Å². The van der Waals surface area contributed by atoms with Crippen LogP contribution in [0.1, 0.15) is 18.9 Å². The summed E-state index contributed by atoms with van der Waals surface area (Å²) in [6.45, 7) is 6.10. The SMILES string of the molecule is C=C1Nc2ccc(CCC)cc2S1. The summed E-state index contributed by atoms with van der Waals surface area (Å²) in [4.78, 5) is 1.32. The largest absolute Gasteiger partial charge is 0.350 e. The van der Waals surface area contributed by atoms with Crippen molar-refractivity contribution in [3.8, 4) is 0 Å². The van der Waals surface area contributed by atoms with Crippen LogP contribution < -0.4 is 5.32 Å². The van der Waals surface area contributed by atoms with E-state index in [1.54, 1.807) is 11.8 Å². The van der Waals surface area contributed by atoms with Crippen molar-refractivity contribution in [3.63, 3.8) is 0 Å². The number of hydrogen-bond donors (Lipinski definition) is 1. The van der Waals surface area contributed by atoms with Crippen LogP contribution in [0.4, 0.5) is 5.69 Å². The summed E-state index contributed by atoms with van der Waals surface area (Å²) in [7, 11) is 0. The van der Waals surface area contributed by atoms with Crippen molar-refractivity contribution in [2.24, 2.45) is 0 Å². The number of rotatable bonds is 2. The lowest BCUT2D eigenvalue weighted by molar-refractivity contribution is 0.918. The molecule has 0 unspecified atom stereocenters. The Morgan fingerprint density at radius 3 is 3.08 bits per heavy atom. The van der Waals surface area contributed by atoms with Crippen LogP contribution in [-0.4, -0.2) is 0 Å². The zero-order valence-corrected chi connectivity index (χ0v) is 8.58. The van der Waals surface area contributed by atoms with E-state index in [1.165, 1.54) is 29.0 Å². The summed E-state index contributed by atoms with van der Waals surface area (Å²) >= 11 is 1.73. The molecule has 0 aliphatic carbocycles. The van der Waals surface area contributed by atoms with Crippen molar-refractivity contribution >= 4 is 17.4 Å². The smallest absolute Gasteiger partial charge is 0.0701 e. The monoisotopic (exact) mass is 191 g/mol. The number of anilines is 1. The van der Waals surface area contributed by atoms with Gasteiger partial charge < -0.3 is 5.32 Å². The molecule has 1 aliphatic heterocycles. The van der Waals surface area contributed by atoms with Crippen LogP contribution in [0, 0.1) is 0 Å². The molecule has 13 heavy (non-hydrogen) atoms. The van der Waals surface area contributed by atoms with E-state index in [1.807, 2.05) is 0 Å². The zero-order chi connectivity index (χ0) is 9.26. The average molecular weight is 191 g/mol. The van der Waals surface area contributed by atoms with Crippen LogP contribution in [-0.2, 0) is 6.42 Å². The second-order valence-corrected chi connectivity index (χ2v) is 4.37. The molecule has 68 valence electrons. The third-order valence-electron chi connectivity index (χ3n) is 2.09. The quantitative estimate of drug-likeness (QED) is 0.766. The third-order valence-corrected chi connectivity index (χ3v) is 3.00. The van der Waals surface area contributed by atoms with Crippen molar-refractivity contribution < 1.29 is 0 Å². The van der Waals surface area contributed by atoms with Crippen LogP contribution in [0.2, 0.25) is 0 Å². The highest BCUT2D eigenvalue weighted by Crippen LogP contribution is 2.40. The van der Waals surface area contributed by atoms with Gasteiger partial charge in [-0.15, -0.1) is 0 Å². The molecule has 0 saturated carbocycles. The molecule has 1 aromatic rings. The summed E-state index contributed by atoms with van der Waals surface area (Å²) in [5.74, 6) is 0. The van der Waals surface area contributed by atoms with Crippen molar-refractivity contribution in [2.75, 3.05) is 5.32 Å². The number of fused-ring (bicyclic) bond motifs is 1. The lowest BCUT2D eigenvalue weighted by Gasteiger charge is -2.01. The molecular formula is C11H13NS. The van der Waals surface area contributed by atoms with Crippen LogP contribution >= 0.6 is 11.8 Å². The Balaban J connectivity index is 2.29. The maximum absolute atomic E-state index is 3.90. The first-order valence-electron chi connectivity index (χ1n) is 4.56. The highest BCUT2D eigenvalue weighted by molar-refractivity contribution is 8.03. The highest BCUT2D eigenvalue weighted by Gasteiger charge is 2.13. The minimum absolute atomic E-state index is 1.03. The van der Waals surface area contributed by atoms with E-state index in [-0.39, 0.29) is 0 Å². The molecule has 0 amide bonds. The van der Waals surface area contributed by atoms with Gasteiger partial charge in [-0.3, -0.25) is 0 Å². The van der Waals surface area contributed by atoms with Gasteiger partial charge in [0.2, 0.25) is 0 Å². The second-order valence-electron chi connectivity index (χ2n) is 3.23. The van der Waals surface area contributed by atoms with Gasteiger partial charge in [-0.05, 0) is 24.1 Å². The number of benzene rings is 1. The summed E-state index contributed by atoms with van der Waals surface area (Å²) in [6.07, 6.45) is 2.37. The lowest BCUT2D eigenvalue weighted by atomic mass is 10.1. The van der Waals surface area contributed by atoms with E-state index < -0.39 is 0 Å². The fourth-order valence-corrected chi connectivity index (χ4v) is 2.37. The Kier molecular flexibility index (Phi) is 2.32. The molecule has 0 radical (unpaired) electrons. The van der Waals surface area contributed by atoms with E-state index in [4.69, 9.17) is 0 Å². The fourth-order valence-electron chi connectivity index (χ4n) is 1.51. The molecule has 0 fully saturated rings. The molecule has 0 aromatic heterocycles. The van der Waals surface area contributed by atoms with Crippen molar-refractivity contribution in [2.45, 2.75) is 24.7 Å². The Hall–Kier alpha value is -0.890. The van der Waals surface area contributed by atoms with Gasteiger partial charge in [0.05, 0.1) is 10.7 Å². The summed E-state index contributed by atoms with van der Waals surface area (Å²) in [5, 5.41) is 4.27. The van der Waals surface area contributed by atoms with Crippen molar-refractivity contribution in [1.29, 1.82) is 0 Å². The van der Waals surface area contributed by atoms with Gasteiger partial charge in [-0.1, -0.05) is 37.8 Å². The topological polar surface area (TPSA) is 12.0 Å². The first-order valence-corrected chi connectivity index (χ1v) is 5.38. The standard InChI is InChI=1S/C11H13NS/c1-3-4-9-5-6-10-11(7-9)13-8(2)12-10/h5-7,12H,2-4H2,1H3. The van der Waals surface area contributed by atoms with Gasteiger partial charge >= 0.3 is 0 Å². The average Bonchev–Trinajstić information content (AvgIpc) is 2.44. The molecule has 0 bridgehead atoms. The number of nitrogens with one attached hydrogen (secondary N) is 1. The van der Waals surface area contributed by atoms with E-state index in [0.717, 1.165) is 5.03 Å². The van der Waals surface area contributed by atoms with Crippen molar-refractivity contribution in [3.05, 3.63) is 35.4 Å². The predicted octanol–water partition coefficient (Wildman–Crippen LogP) is 3.63. The van der Waals surface area contributed by atoms with Crippen molar-refractivity contribution in [1.82, 2.24) is 0 Å². The maximum Gasteiger partial charge on any atom is 0.0701 e. The number of aryl methyl sites for hydroxylation is 1. The third kappa shape index (κ3) is 1.73. The first-order chi connectivity index (χ1) is 6.29. The van der Waals surface area contributed by atoms with Gasteiger partial charge in [0, 0.05) is 4.90 Å². The fraction of sp³-hybridized carbons (Fsp3) is 0.273. The summed E-state index contributed by atoms with van der Waals surface area (Å²) in [5.41, 5.74) is 2.63. The van der Waals surface area contributed by atoms with Gasteiger partial charge in [0.15, 0.2) is 0 Å². The molecule has 2 rings (SSSR count). The van der Waals surface area contributed by atoms with Gasteiger partial charge in [0.1, 0.15) is 0 Å². The van der Waals surface area contributed by atoms with E-state index >= 15 is 0 Å². The Labute approximate surface area is 83.2 Å². The van der Waals surface area contributed by atoms with Crippen LogP contribution in [0.5, 0.6) is 0 Å². The molecule has 0 atom stereocenters. The van der Waals surface area contributed by atoms with Gasteiger partial charge in [-0.25, -0.2) is 0 Å². The van der Waals surface area contributed by atoms with E-state index in [9.17, 15) is 0 Å². The molecule has 0 spiro atoms. The number of hydrogen-bond acceptors (Lipinski definition) is 2. The summed E-state index contributed by atoms with van der Waals surface area (Å²) in [6, 6.07) is 6.59. The van der Waals surface area contributed by atoms with Gasteiger partial charge in [-0.2, -0.15) is 0 Å². The first kappa shape index (κ1) is 8.70. The normalized spacial score (nSPS) is 14.1. The lowest BCUT2D eigenvalue weighted by Crippen LogP contribution is -1.87. The highest BCUT2D eigenvalue weighted by atomic mass is 32.2. The maximum atomic E-state index is 3.90. The zero-order valence-electron chi connectivity index (χ0n) is 7.76. The molecule has 1 heterocycles. The van der Waals surface area contributed by atoms with Crippen LogP contribution in [0.3, 0.4) is 0 Å². The molecule has 1 aromatic carbocycles. The Morgan fingerprint density at radius 2 is 2.31 bits per heavy atom. The molecule has 2 heteroatoms. The molecule has 1 N–H and O–H groups in total. The van der Waals surface area contributed by atoms with Crippen LogP contribution in [0.15, 0.2) is 34.7 Å². The predicted molar refractivity (Wildman–Crippen MR) is 59.1 cm³/mol. The van der Waals surface area contributed by atoms with E-state index in [0.29, 0.717) is 0 Å². The Bertz CT molecular complexity index is 344. The molecule has 0 saturated heterocycles. The molecule has 1 aliphatic rings. The second kappa shape index (κ2) is 3.46. The summed E-state index contributed by atoms with van der Waals surface area (Å²) < 4.78 is 0. The number of thioether (sulfide) groups is 1.